The van der Waals surface area contributed by atoms with Gasteiger partial charge in [0.2, 0.25) is 0 Å². The Kier molecular flexibility index (Phi) is 6.32. The lowest BCUT2D eigenvalue weighted by molar-refractivity contribution is 0.402. The summed E-state index contributed by atoms with van der Waals surface area (Å²) in [5.74, 6) is -5.22. The quantitative estimate of drug-likeness (QED) is 0.490. The zero-order valence-corrected chi connectivity index (χ0v) is 17.7. The van der Waals surface area contributed by atoms with Gasteiger partial charge in [-0.1, -0.05) is 0 Å². The molecule has 0 aromatic heterocycles. The first-order valence-electron chi connectivity index (χ1n) is 8.57. The first kappa shape index (κ1) is 23.3. The first-order chi connectivity index (χ1) is 14.9. The van der Waals surface area contributed by atoms with Crippen LogP contribution in [-0.2, 0) is 20.0 Å². The lowest BCUT2D eigenvalue weighted by atomic mass is 10.3. The molecule has 0 heterocycles. The molecule has 3 aromatic rings. The fraction of sp³-hybridized carbons (Fsp3) is 0.0526. The minimum atomic E-state index is -4.52. The minimum Gasteiger partial charge on any atom is -0.495 e. The number of hydrogen-bond acceptors (Lipinski definition) is 5. The molecule has 0 saturated heterocycles. The Morgan fingerprint density at radius 1 is 0.656 bits per heavy atom. The summed E-state index contributed by atoms with van der Waals surface area (Å²) in [6.45, 7) is 0. The van der Waals surface area contributed by atoms with Gasteiger partial charge >= 0.3 is 0 Å². The van der Waals surface area contributed by atoms with Crippen LogP contribution >= 0.6 is 0 Å². The fourth-order valence-corrected chi connectivity index (χ4v) is 4.97. The van der Waals surface area contributed by atoms with Crippen LogP contribution in [0.25, 0.3) is 0 Å². The van der Waals surface area contributed by atoms with Crippen molar-refractivity contribution in [3.8, 4) is 5.75 Å². The summed E-state index contributed by atoms with van der Waals surface area (Å²) in [5.41, 5.74) is -0.622. The molecule has 2 N–H and O–H groups in total. The summed E-state index contributed by atoms with van der Waals surface area (Å²) in [5, 5.41) is 0. The average molecular weight is 490 g/mol. The third-order valence-corrected chi connectivity index (χ3v) is 6.86. The second kappa shape index (κ2) is 8.67. The summed E-state index contributed by atoms with van der Waals surface area (Å²) >= 11 is 0. The molecule has 0 spiro atoms. The molecule has 32 heavy (non-hydrogen) atoms. The van der Waals surface area contributed by atoms with Crippen LogP contribution in [0.1, 0.15) is 0 Å². The standard InChI is InChI=1S/C19H14F4N2O5S2/c1-30-18-7-4-13(31(26,27)24-11-2-5-14(20)16(22)8-11)10-19(18)32(28,29)25-12-3-6-15(21)17(23)9-12/h2-10,24-25H,1H3. The molecule has 0 bridgehead atoms. The van der Waals surface area contributed by atoms with Gasteiger partial charge in [0.25, 0.3) is 20.0 Å². The van der Waals surface area contributed by atoms with Crippen LogP contribution in [0.15, 0.2) is 64.4 Å². The zero-order chi connectivity index (χ0) is 23.7. The van der Waals surface area contributed by atoms with E-state index in [1.165, 1.54) is 0 Å². The Labute approximate surface area is 180 Å². The largest absolute Gasteiger partial charge is 0.495 e. The van der Waals surface area contributed by atoms with E-state index in [2.05, 4.69) is 0 Å². The Balaban J connectivity index is 2.00. The molecule has 3 aromatic carbocycles. The molecule has 13 heteroatoms. The number of hydrogen-bond donors (Lipinski definition) is 2. The van der Waals surface area contributed by atoms with Gasteiger partial charge in [-0.3, -0.25) is 9.44 Å². The molecule has 0 radical (unpaired) electrons. The number of sulfonamides is 2. The van der Waals surface area contributed by atoms with E-state index < -0.39 is 53.1 Å². The van der Waals surface area contributed by atoms with Gasteiger partial charge in [0, 0.05) is 12.1 Å². The van der Waals surface area contributed by atoms with Crippen LogP contribution in [0.5, 0.6) is 5.75 Å². The monoisotopic (exact) mass is 490 g/mol. The molecule has 0 aliphatic heterocycles. The van der Waals surface area contributed by atoms with Crippen LogP contribution in [-0.4, -0.2) is 23.9 Å². The molecule has 170 valence electrons. The highest BCUT2D eigenvalue weighted by atomic mass is 32.2. The van der Waals surface area contributed by atoms with Gasteiger partial charge in [-0.25, -0.2) is 34.4 Å². The number of methoxy groups -OCH3 is 1. The average Bonchev–Trinajstić information content (AvgIpc) is 2.72. The maximum atomic E-state index is 13.4. The van der Waals surface area contributed by atoms with E-state index in [9.17, 15) is 34.4 Å². The fourth-order valence-electron chi connectivity index (χ4n) is 2.58. The second-order valence-corrected chi connectivity index (χ2v) is 9.61. The van der Waals surface area contributed by atoms with E-state index in [1.54, 1.807) is 0 Å². The summed E-state index contributed by atoms with van der Waals surface area (Å²) in [6.07, 6.45) is 0. The predicted molar refractivity (Wildman–Crippen MR) is 107 cm³/mol. The minimum absolute atomic E-state index is 0.244. The number of anilines is 2. The molecule has 7 nitrogen and oxygen atoms in total. The van der Waals surface area contributed by atoms with Gasteiger partial charge in [0.05, 0.1) is 23.4 Å². The molecule has 0 saturated carbocycles. The van der Waals surface area contributed by atoms with Gasteiger partial charge in [-0.2, -0.15) is 0 Å². The number of benzene rings is 3. The number of halogens is 4. The third kappa shape index (κ3) is 4.94. The SMILES string of the molecule is COc1ccc(S(=O)(=O)Nc2ccc(F)c(F)c2)cc1S(=O)(=O)Nc1ccc(F)c(F)c1. The zero-order valence-electron chi connectivity index (χ0n) is 16.1. The number of nitrogens with one attached hydrogen (secondary N) is 2. The van der Waals surface area contributed by atoms with E-state index in [4.69, 9.17) is 4.74 Å². The van der Waals surface area contributed by atoms with Gasteiger partial charge in [0.15, 0.2) is 23.3 Å². The molecule has 0 unspecified atom stereocenters. The van der Waals surface area contributed by atoms with Gasteiger partial charge in [0.1, 0.15) is 10.6 Å². The summed E-state index contributed by atoms with van der Waals surface area (Å²) < 4.78 is 113. The summed E-state index contributed by atoms with van der Waals surface area (Å²) in [4.78, 5) is -1.17. The molecule has 0 fully saturated rings. The van der Waals surface area contributed by atoms with E-state index in [0.717, 1.165) is 37.4 Å². The van der Waals surface area contributed by atoms with E-state index in [1.807, 2.05) is 9.44 Å². The van der Waals surface area contributed by atoms with Crippen molar-refractivity contribution >= 4 is 31.4 Å². The number of rotatable bonds is 7. The van der Waals surface area contributed by atoms with Crippen molar-refractivity contribution in [2.24, 2.45) is 0 Å². The molecule has 0 aliphatic carbocycles. The van der Waals surface area contributed by atoms with Crippen molar-refractivity contribution in [1.29, 1.82) is 0 Å². The lowest BCUT2D eigenvalue weighted by Crippen LogP contribution is -2.17. The van der Waals surface area contributed by atoms with Crippen LogP contribution in [0.4, 0.5) is 28.9 Å². The molecule has 0 aliphatic rings. The Morgan fingerprint density at radius 3 is 1.62 bits per heavy atom. The van der Waals surface area contributed by atoms with Crippen molar-refractivity contribution in [2.75, 3.05) is 16.6 Å². The van der Waals surface area contributed by atoms with Crippen molar-refractivity contribution in [3.05, 3.63) is 77.9 Å². The van der Waals surface area contributed by atoms with Crippen molar-refractivity contribution in [2.45, 2.75) is 9.79 Å². The molecule has 3 rings (SSSR count). The van der Waals surface area contributed by atoms with Gasteiger partial charge in [-0.15, -0.1) is 0 Å². The van der Waals surface area contributed by atoms with Crippen LogP contribution < -0.4 is 14.2 Å². The van der Waals surface area contributed by atoms with E-state index >= 15 is 0 Å². The number of ether oxygens (including phenoxy) is 1. The highest BCUT2D eigenvalue weighted by Crippen LogP contribution is 2.30. The summed E-state index contributed by atoms with van der Waals surface area (Å²) in [6, 6.07) is 7.40. The maximum absolute atomic E-state index is 13.4. The maximum Gasteiger partial charge on any atom is 0.265 e. The second-order valence-electron chi connectivity index (χ2n) is 6.28. The van der Waals surface area contributed by atoms with Gasteiger partial charge < -0.3 is 4.74 Å². The molecule has 0 atom stereocenters. The molecule has 0 amide bonds. The smallest absolute Gasteiger partial charge is 0.265 e. The topological polar surface area (TPSA) is 102 Å². The van der Waals surface area contributed by atoms with Crippen LogP contribution in [0.3, 0.4) is 0 Å². The molecular formula is C19H14F4N2O5S2. The highest BCUT2D eigenvalue weighted by molar-refractivity contribution is 7.93. The highest BCUT2D eigenvalue weighted by Gasteiger charge is 2.25. The first-order valence-corrected chi connectivity index (χ1v) is 11.5. The normalized spacial score (nSPS) is 11.8. The Bertz CT molecular complexity index is 1400. The Hall–Kier alpha value is -3.32. The van der Waals surface area contributed by atoms with E-state index in [0.29, 0.717) is 24.3 Å². The van der Waals surface area contributed by atoms with E-state index in [-0.39, 0.29) is 17.1 Å². The Morgan fingerprint density at radius 2 is 1.16 bits per heavy atom. The predicted octanol–water partition coefficient (Wildman–Crippen LogP) is 3.85. The molecular weight excluding hydrogens is 476 g/mol. The van der Waals surface area contributed by atoms with Crippen molar-refractivity contribution < 1.29 is 39.1 Å². The van der Waals surface area contributed by atoms with Crippen molar-refractivity contribution in [1.82, 2.24) is 0 Å². The third-order valence-electron chi connectivity index (χ3n) is 4.08. The lowest BCUT2D eigenvalue weighted by Gasteiger charge is -2.14. The van der Waals surface area contributed by atoms with Crippen molar-refractivity contribution in [3.63, 3.8) is 0 Å². The van der Waals surface area contributed by atoms with Crippen LogP contribution in [0.2, 0.25) is 0 Å². The van der Waals surface area contributed by atoms with Crippen LogP contribution in [0, 0.1) is 23.3 Å². The van der Waals surface area contributed by atoms with Gasteiger partial charge in [-0.05, 0) is 42.5 Å². The summed E-state index contributed by atoms with van der Waals surface area (Å²) in [7, 11) is -7.81.